The molecule has 2 aliphatic rings. The van der Waals surface area contributed by atoms with Gasteiger partial charge in [-0.3, -0.25) is 4.79 Å². The van der Waals surface area contributed by atoms with E-state index in [1.807, 2.05) is 0 Å². The van der Waals surface area contributed by atoms with Crippen molar-refractivity contribution in [1.29, 1.82) is 0 Å². The summed E-state index contributed by atoms with van der Waals surface area (Å²) < 4.78 is 4.85. The molecule has 1 amide bonds. The summed E-state index contributed by atoms with van der Waals surface area (Å²) in [6.45, 7) is 4.37. The molecule has 2 N–H and O–H groups in total. The Balaban J connectivity index is 1.64. The highest BCUT2D eigenvalue weighted by Gasteiger charge is 2.46. The SMILES string of the molecule is C=CCOC(=O)NCC1CC2(CCC(C(=O)O)CC2)C1. The standard InChI is InChI=1S/C15H23NO4/c1-2-7-20-14(19)16-10-11-8-15(9-11)5-3-12(4-6-15)13(17)18/h2,11-12H,1,3-10H2,(H,16,19)(H,17,18). The number of carbonyl (C=O) groups is 2. The summed E-state index contributed by atoms with van der Waals surface area (Å²) in [7, 11) is 0. The highest BCUT2D eigenvalue weighted by atomic mass is 16.5. The minimum atomic E-state index is -0.651. The molecule has 2 saturated carbocycles. The maximum absolute atomic E-state index is 11.3. The quantitative estimate of drug-likeness (QED) is 0.759. The molecule has 0 heterocycles. The van der Waals surface area contributed by atoms with Gasteiger partial charge in [-0.05, 0) is 49.9 Å². The number of nitrogens with one attached hydrogen (secondary N) is 1. The number of hydrogen-bond donors (Lipinski definition) is 2. The van der Waals surface area contributed by atoms with Crippen LogP contribution in [-0.4, -0.2) is 30.3 Å². The molecule has 0 aliphatic heterocycles. The zero-order valence-electron chi connectivity index (χ0n) is 11.8. The topological polar surface area (TPSA) is 75.6 Å². The molecule has 20 heavy (non-hydrogen) atoms. The summed E-state index contributed by atoms with van der Waals surface area (Å²) in [5.74, 6) is -0.290. The number of carboxylic acids is 1. The summed E-state index contributed by atoms with van der Waals surface area (Å²) in [5, 5.41) is 11.8. The molecule has 0 atom stereocenters. The van der Waals surface area contributed by atoms with Gasteiger partial charge in [-0.1, -0.05) is 12.7 Å². The maximum atomic E-state index is 11.3. The normalized spacial score (nSPS) is 32.2. The van der Waals surface area contributed by atoms with Crippen LogP contribution in [0.15, 0.2) is 12.7 Å². The molecular weight excluding hydrogens is 258 g/mol. The van der Waals surface area contributed by atoms with Crippen molar-refractivity contribution in [3.05, 3.63) is 12.7 Å². The number of alkyl carbamates (subject to hydrolysis) is 1. The van der Waals surface area contributed by atoms with Crippen LogP contribution in [0.2, 0.25) is 0 Å². The van der Waals surface area contributed by atoms with Crippen LogP contribution in [-0.2, 0) is 9.53 Å². The molecule has 1 spiro atoms. The monoisotopic (exact) mass is 281 g/mol. The first-order chi connectivity index (χ1) is 9.54. The van der Waals surface area contributed by atoms with E-state index >= 15 is 0 Å². The van der Waals surface area contributed by atoms with Crippen LogP contribution in [0, 0.1) is 17.3 Å². The first-order valence-corrected chi connectivity index (χ1v) is 7.29. The molecule has 2 aliphatic carbocycles. The van der Waals surface area contributed by atoms with E-state index in [0.717, 1.165) is 38.5 Å². The second kappa shape index (κ2) is 6.29. The molecule has 0 aromatic heterocycles. The van der Waals surface area contributed by atoms with Gasteiger partial charge in [0.15, 0.2) is 0 Å². The molecule has 0 radical (unpaired) electrons. The fraction of sp³-hybridized carbons (Fsp3) is 0.733. The summed E-state index contributed by atoms with van der Waals surface area (Å²) >= 11 is 0. The lowest BCUT2D eigenvalue weighted by molar-refractivity contribution is -0.144. The highest BCUT2D eigenvalue weighted by Crippen LogP contribution is 2.55. The van der Waals surface area contributed by atoms with E-state index in [1.54, 1.807) is 6.08 Å². The summed E-state index contributed by atoms with van der Waals surface area (Å²) in [5.41, 5.74) is 0.351. The molecule has 5 heteroatoms. The van der Waals surface area contributed by atoms with Gasteiger partial charge in [-0.25, -0.2) is 4.79 Å². The van der Waals surface area contributed by atoms with E-state index in [0.29, 0.717) is 17.9 Å². The van der Waals surface area contributed by atoms with Crippen LogP contribution in [0.25, 0.3) is 0 Å². The molecule has 2 rings (SSSR count). The third-order valence-electron chi connectivity index (χ3n) is 4.71. The van der Waals surface area contributed by atoms with E-state index < -0.39 is 5.97 Å². The Kier molecular flexibility index (Phi) is 4.68. The van der Waals surface area contributed by atoms with Crippen LogP contribution in [0.1, 0.15) is 38.5 Å². The van der Waals surface area contributed by atoms with Gasteiger partial charge in [0.25, 0.3) is 0 Å². The van der Waals surface area contributed by atoms with E-state index in [1.165, 1.54) is 0 Å². The molecular formula is C15H23NO4. The van der Waals surface area contributed by atoms with E-state index in [9.17, 15) is 9.59 Å². The van der Waals surface area contributed by atoms with Crippen LogP contribution in [0.5, 0.6) is 0 Å². The number of carboxylic acid groups (broad SMARTS) is 1. The molecule has 112 valence electrons. The van der Waals surface area contributed by atoms with Gasteiger partial charge in [0.2, 0.25) is 0 Å². The molecule has 2 fully saturated rings. The molecule has 0 unspecified atom stereocenters. The van der Waals surface area contributed by atoms with Gasteiger partial charge in [-0.15, -0.1) is 0 Å². The van der Waals surface area contributed by atoms with Crippen molar-refractivity contribution >= 4 is 12.1 Å². The Morgan fingerprint density at radius 2 is 2.00 bits per heavy atom. The van der Waals surface area contributed by atoms with Gasteiger partial charge in [0.05, 0.1) is 5.92 Å². The molecule has 0 bridgehead atoms. The summed E-state index contributed by atoms with van der Waals surface area (Å²) in [6.07, 6.45) is 6.98. The smallest absolute Gasteiger partial charge is 0.407 e. The third kappa shape index (κ3) is 3.52. The largest absolute Gasteiger partial charge is 0.481 e. The number of aliphatic carboxylic acids is 1. The van der Waals surface area contributed by atoms with Crippen molar-refractivity contribution in [2.75, 3.05) is 13.2 Å². The Labute approximate surface area is 119 Å². The third-order valence-corrected chi connectivity index (χ3v) is 4.71. The first kappa shape index (κ1) is 14.9. The Bertz CT molecular complexity index is 377. The average Bonchev–Trinajstić information content (AvgIpc) is 2.40. The lowest BCUT2D eigenvalue weighted by Crippen LogP contribution is -2.45. The molecule has 0 aromatic carbocycles. The Hall–Kier alpha value is -1.52. The first-order valence-electron chi connectivity index (χ1n) is 7.29. The zero-order chi connectivity index (χ0) is 14.6. The van der Waals surface area contributed by atoms with Crippen molar-refractivity contribution in [1.82, 2.24) is 5.32 Å². The van der Waals surface area contributed by atoms with Gasteiger partial charge in [0, 0.05) is 6.54 Å². The van der Waals surface area contributed by atoms with Crippen LogP contribution in [0.3, 0.4) is 0 Å². The average molecular weight is 281 g/mol. The fourth-order valence-corrected chi connectivity index (χ4v) is 3.61. The zero-order valence-corrected chi connectivity index (χ0v) is 11.8. The number of carbonyl (C=O) groups excluding carboxylic acids is 1. The lowest BCUT2D eigenvalue weighted by atomic mass is 9.54. The number of rotatable bonds is 5. The minimum absolute atomic E-state index is 0.147. The Morgan fingerprint density at radius 1 is 1.35 bits per heavy atom. The van der Waals surface area contributed by atoms with Gasteiger partial charge in [0.1, 0.15) is 6.61 Å². The summed E-state index contributed by atoms with van der Waals surface area (Å²) in [4.78, 5) is 22.2. The molecule has 0 saturated heterocycles. The van der Waals surface area contributed by atoms with E-state index in [4.69, 9.17) is 9.84 Å². The van der Waals surface area contributed by atoms with Crippen molar-refractivity contribution in [2.24, 2.45) is 17.3 Å². The van der Waals surface area contributed by atoms with Gasteiger partial charge in [-0.2, -0.15) is 0 Å². The van der Waals surface area contributed by atoms with Gasteiger partial charge >= 0.3 is 12.1 Å². The maximum Gasteiger partial charge on any atom is 0.407 e. The fourth-order valence-electron chi connectivity index (χ4n) is 3.61. The van der Waals surface area contributed by atoms with Crippen molar-refractivity contribution in [3.8, 4) is 0 Å². The highest BCUT2D eigenvalue weighted by molar-refractivity contribution is 5.70. The predicted molar refractivity (Wildman–Crippen MR) is 74.3 cm³/mol. The van der Waals surface area contributed by atoms with E-state index in [2.05, 4.69) is 11.9 Å². The molecule has 0 aromatic rings. The second-order valence-corrected chi connectivity index (χ2v) is 6.15. The van der Waals surface area contributed by atoms with Crippen molar-refractivity contribution in [3.63, 3.8) is 0 Å². The Morgan fingerprint density at radius 3 is 2.55 bits per heavy atom. The van der Waals surface area contributed by atoms with Crippen LogP contribution >= 0.6 is 0 Å². The number of hydrogen-bond acceptors (Lipinski definition) is 3. The number of amides is 1. The van der Waals surface area contributed by atoms with E-state index in [-0.39, 0.29) is 18.6 Å². The number of ether oxygens (including phenoxy) is 1. The minimum Gasteiger partial charge on any atom is -0.481 e. The summed E-state index contributed by atoms with van der Waals surface area (Å²) in [6, 6.07) is 0. The molecule has 5 nitrogen and oxygen atoms in total. The van der Waals surface area contributed by atoms with Crippen LogP contribution in [0.4, 0.5) is 4.79 Å². The predicted octanol–water partition coefficient (Wildman–Crippen LogP) is 2.57. The van der Waals surface area contributed by atoms with Crippen molar-refractivity contribution in [2.45, 2.75) is 38.5 Å². The van der Waals surface area contributed by atoms with Crippen molar-refractivity contribution < 1.29 is 19.4 Å². The second-order valence-electron chi connectivity index (χ2n) is 6.15. The van der Waals surface area contributed by atoms with Gasteiger partial charge < -0.3 is 15.2 Å². The lowest BCUT2D eigenvalue weighted by Gasteiger charge is -2.51. The van der Waals surface area contributed by atoms with Crippen LogP contribution < -0.4 is 5.32 Å².